The molecule has 0 saturated heterocycles. The fourth-order valence-electron chi connectivity index (χ4n) is 1.52. The van der Waals surface area contributed by atoms with Crippen LogP contribution in [0.25, 0.3) is 0 Å². The number of hydrogen-bond donors (Lipinski definition) is 1. The highest BCUT2D eigenvalue weighted by molar-refractivity contribution is 4.82. The molecule has 0 unspecified atom stereocenters. The van der Waals surface area contributed by atoms with Crippen molar-refractivity contribution in [1.82, 2.24) is 0 Å². The third-order valence-electron chi connectivity index (χ3n) is 2.69. The Bertz CT molecular complexity index is 102. The van der Waals surface area contributed by atoms with Crippen molar-refractivity contribution >= 4 is 0 Å². The van der Waals surface area contributed by atoms with Gasteiger partial charge in [0.1, 0.15) is 6.17 Å². The van der Waals surface area contributed by atoms with E-state index in [0.717, 1.165) is 6.42 Å². The van der Waals surface area contributed by atoms with Crippen LogP contribution in [0, 0.1) is 11.8 Å². The third-order valence-corrected chi connectivity index (χ3v) is 2.69. The van der Waals surface area contributed by atoms with Gasteiger partial charge >= 0.3 is 0 Å². The predicted molar refractivity (Wildman–Crippen MR) is 38.5 cm³/mol. The molecule has 0 amide bonds. The van der Waals surface area contributed by atoms with Crippen LogP contribution >= 0.6 is 0 Å². The zero-order chi connectivity index (χ0) is 7.72. The summed E-state index contributed by atoms with van der Waals surface area (Å²) in [6.07, 6.45) is -0.106. The molecule has 0 bridgehead atoms. The van der Waals surface area contributed by atoms with Gasteiger partial charge in [0.2, 0.25) is 0 Å². The quantitative estimate of drug-likeness (QED) is 0.552. The Morgan fingerprint density at radius 3 is 2.40 bits per heavy atom. The maximum atomic E-state index is 13.0. The monoisotopic (exact) mass is 146 g/mol. The van der Waals surface area contributed by atoms with E-state index in [9.17, 15) is 4.39 Å². The summed E-state index contributed by atoms with van der Waals surface area (Å²) in [5.41, 5.74) is 0. The Labute approximate surface area is 61.2 Å². The van der Waals surface area contributed by atoms with E-state index in [0.29, 0.717) is 12.3 Å². The molecule has 0 heterocycles. The Morgan fingerprint density at radius 2 is 1.90 bits per heavy atom. The summed E-state index contributed by atoms with van der Waals surface area (Å²) in [6.45, 7) is 3.92. The minimum Gasteiger partial charge on any atom is -0.390 e. The Morgan fingerprint density at radius 1 is 1.30 bits per heavy atom. The molecule has 60 valence electrons. The van der Waals surface area contributed by atoms with Crippen LogP contribution in [0.5, 0.6) is 0 Å². The molecule has 1 N–H and O–H groups in total. The van der Waals surface area contributed by atoms with Gasteiger partial charge in [-0.25, -0.2) is 4.39 Å². The van der Waals surface area contributed by atoms with Crippen LogP contribution in [0.3, 0.4) is 0 Å². The van der Waals surface area contributed by atoms with Crippen LogP contribution in [0.4, 0.5) is 4.39 Å². The molecule has 2 heteroatoms. The Hall–Kier alpha value is -0.110. The van der Waals surface area contributed by atoms with Gasteiger partial charge in [0.05, 0.1) is 6.10 Å². The molecule has 0 radical (unpaired) electrons. The molecule has 1 aliphatic carbocycles. The highest BCUT2D eigenvalue weighted by Gasteiger charge is 2.33. The largest absolute Gasteiger partial charge is 0.390 e. The first kappa shape index (κ1) is 7.99. The highest BCUT2D eigenvalue weighted by Crippen LogP contribution is 2.31. The van der Waals surface area contributed by atoms with Gasteiger partial charge in [0, 0.05) is 0 Å². The number of aliphatic hydroxyl groups is 1. The zero-order valence-corrected chi connectivity index (χ0v) is 6.55. The van der Waals surface area contributed by atoms with E-state index in [1.807, 2.05) is 13.8 Å². The van der Waals surface area contributed by atoms with Crippen LogP contribution in [-0.2, 0) is 0 Å². The first-order valence-corrected chi connectivity index (χ1v) is 3.95. The predicted octanol–water partition coefficient (Wildman–Crippen LogP) is 1.75. The van der Waals surface area contributed by atoms with Gasteiger partial charge in [0.25, 0.3) is 0 Å². The molecule has 1 nitrogen and oxygen atoms in total. The van der Waals surface area contributed by atoms with E-state index in [-0.39, 0.29) is 5.92 Å². The van der Waals surface area contributed by atoms with Crippen molar-refractivity contribution in [3.05, 3.63) is 0 Å². The van der Waals surface area contributed by atoms with Crippen LogP contribution < -0.4 is 0 Å². The van der Waals surface area contributed by atoms with E-state index >= 15 is 0 Å². The lowest BCUT2D eigenvalue weighted by atomic mass is 9.79. The number of halogens is 1. The molecule has 1 saturated carbocycles. The summed E-state index contributed by atoms with van der Waals surface area (Å²) in [6, 6.07) is 0. The summed E-state index contributed by atoms with van der Waals surface area (Å²) < 4.78 is 13.0. The molecule has 1 fully saturated rings. The highest BCUT2D eigenvalue weighted by atomic mass is 19.1. The maximum Gasteiger partial charge on any atom is 0.129 e. The molecule has 0 spiro atoms. The lowest BCUT2D eigenvalue weighted by Gasteiger charge is -2.32. The topological polar surface area (TPSA) is 20.2 Å². The molecule has 0 aliphatic heterocycles. The molecule has 4 atom stereocenters. The van der Waals surface area contributed by atoms with Crippen molar-refractivity contribution < 1.29 is 9.50 Å². The fourth-order valence-corrected chi connectivity index (χ4v) is 1.52. The second-order valence-electron chi connectivity index (χ2n) is 3.43. The molecule has 0 aromatic rings. The van der Waals surface area contributed by atoms with E-state index in [4.69, 9.17) is 5.11 Å². The summed E-state index contributed by atoms with van der Waals surface area (Å²) in [7, 11) is 0. The first-order valence-electron chi connectivity index (χ1n) is 3.95. The number of rotatable bonds is 0. The normalized spacial score (nSPS) is 49.2. The number of hydrogen-bond acceptors (Lipinski definition) is 1. The van der Waals surface area contributed by atoms with E-state index in [1.165, 1.54) is 0 Å². The van der Waals surface area contributed by atoms with Crippen molar-refractivity contribution in [2.24, 2.45) is 11.8 Å². The molecule has 0 aromatic heterocycles. The Balaban J connectivity index is 2.52. The van der Waals surface area contributed by atoms with Crippen molar-refractivity contribution in [2.75, 3.05) is 0 Å². The second kappa shape index (κ2) is 2.87. The first-order chi connectivity index (χ1) is 4.63. The molecular formula is C8H15FO. The van der Waals surface area contributed by atoms with E-state index < -0.39 is 12.3 Å². The van der Waals surface area contributed by atoms with Crippen molar-refractivity contribution in [3.8, 4) is 0 Å². The van der Waals surface area contributed by atoms with Gasteiger partial charge in [-0.2, -0.15) is 0 Å². The molecule has 0 aromatic carbocycles. The summed E-state index contributed by atoms with van der Waals surface area (Å²) in [5, 5.41) is 9.09. The zero-order valence-electron chi connectivity index (χ0n) is 6.55. The van der Waals surface area contributed by atoms with Gasteiger partial charge in [0.15, 0.2) is 0 Å². The van der Waals surface area contributed by atoms with Crippen molar-refractivity contribution in [3.63, 3.8) is 0 Å². The van der Waals surface area contributed by atoms with Crippen LogP contribution in [0.2, 0.25) is 0 Å². The minimum absolute atomic E-state index is 0.0312. The summed E-state index contributed by atoms with van der Waals surface area (Å²) in [4.78, 5) is 0. The molecular weight excluding hydrogens is 131 g/mol. The average molecular weight is 146 g/mol. The second-order valence-corrected chi connectivity index (χ2v) is 3.43. The molecule has 10 heavy (non-hydrogen) atoms. The Kier molecular flexibility index (Phi) is 2.29. The maximum absolute atomic E-state index is 13.0. The summed E-state index contributed by atoms with van der Waals surface area (Å²) in [5.74, 6) is 0.460. The van der Waals surface area contributed by atoms with Crippen LogP contribution in [-0.4, -0.2) is 17.4 Å². The standard InChI is InChI=1S/C8H15FO/c1-5-3-4-7(10)8(9)6(5)2/h5-8,10H,3-4H2,1-2H3/t5-,6-,7+,8-/m0/s1. The minimum atomic E-state index is -0.997. The van der Waals surface area contributed by atoms with E-state index in [1.54, 1.807) is 0 Å². The number of alkyl halides is 1. The van der Waals surface area contributed by atoms with Crippen LogP contribution in [0.1, 0.15) is 26.7 Å². The van der Waals surface area contributed by atoms with Gasteiger partial charge in [-0.3, -0.25) is 0 Å². The average Bonchev–Trinajstić information content (AvgIpc) is 1.93. The van der Waals surface area contributed by atoms with Crippen molar-refractivity contribution in [2.45, 2.75) is 39.0 Å². The summed E-state index contributed by atoms with van der Waals surface area (Å²) >= 11 is 0. The fraction of sp³-hybridized carbons (Fsp3) is 1.00. The SMILES string of the molecule is C[C@@H]1[C@H](F)[C@H](O)CC[C@@H]1C. The smallest absolute Gasteiger partial charge is 0.129 e. The van der Waals surface area contributed by atoms with Gasteiger partial charge in [-0.1, -0.05) is 13.8 Å². The van der Waals surface area contributed by atoms with Crippen molar-refractivity contribution in [1.29, 1.82) is 0 Å². The lowest BCUT2D eigenvalue weighted by molar-refractivity contribution is -0.00886. The lowest BCUT2D eigenvalue weighted by Crippen LogP contribution is -2.36. The molecule has 1 aliphatic rings. The van der Waals surface area contributed by atoms with Gasteiger partial charge < -0.3 is 5.11 Å². The van der Waals surface area contributed by atoms with Gasteiger partial charge in [-0.15, -0.1) is 0 Å². The number of aliphatic hydroxyl groups excluding tert-OH is 1. The van der Waals surface area contributed by atoms with Crippen LogP contribution in [0.15, 0.2) is 0 Å². The third kappa shape index (κ3) is 1.31. The van der Waals surface area contributed by atoms with E-state index in [2.05, 4.69) is 0 Å². The molecule has 1 rings (SSSR count). The van der Waals surface area contributed by atoms with Gasteiger partial charge in [-0.05, 0) is 24.7 Å².